The van der Waals surface area contributed by atoms with Gasteiger partial charge in [-0.2, -0.15) is 0 Å². The van der Waals surface area contributed by atoms with Crippen LogP contribution in [-0.4, -0.2) is 47.0 Å². The van der Waals surface area contributed by atoms with Crippen molar-refractivity contribution in [3.63, 3.8) is 0 Å². The molecule has 7 heteroatoms. The van der Waals surface area contributed by atoms with Crippen LogP contribution in [0.15, 0.2) is 0 Å². The standard InChI is InChI=1S/C13H23N3O4/c1-3-8(2)10(12(18)19)15-11(17)9-5-4-6-16(7-9)13(14)20/h8-10H,3-7H2,1-2H3,(H2,14,20)(H,15,17)(H,18,19)/t8-,9+,10-/m0/s1. The largest absolute Gasteiger partial charge is 0.480 e. The van der Waals surface area contributed by atoms with Gasteiger partial charge in [-0.25, -0.2) is 9.59 Å². The lowest BCUT2D eigenvalue weighted by atomic mass is 9.94. The number of nitrogens with two attached hydrogens (primary N) is 1. The van der Waals surface area contributed by atoms with Gasteiger partial charge in [-0.1, -0.05) is 20.3 Å². The summed E-state index contributed by atoms with van der Waals surface area (Å²) in [5.74, 6) is -1.88. The molecule has 7 nitrogen and oxygen atoms in total. The summed E-state index contributed by atoms with van der Waals surface area (Å²) in [6, 6.07) is -1.43. The van der Waals surface area contributed by atoms with Gasteiger partial charge in [0.15, 0.2) is 0 Å². The third kappa shape index (κ3) is 4.11. The Morgan fingerprint density at radius 3 is 2.60 bits per heavy atom. The van der Waals surface area contributed by atoms with Gasteiger partial charge >= 0.3 is 12.0 Å². The lowest BCUT2D eigenvalue weighted by Gasteiger charge is -2.32. The van der Waals surface area contributed by atoms with Crippen molar-refractivity contribution in [2.24, 2.45) is 17.6 Å². The van der Waals surface area contributed by atoms with Crippen LogP contribution in [0.25, 0.3) is 0 Å². The first kappa shape index (κ1) is 16.3. The highest BCUT2D eigenvalue weighted by molar-refractivity contribution is 5.85. The molecule has 0 aromatic heterocycles. The Labute approximate surface area is 118 Å². The zero-order valence-corrected chi connectivity index (χ0v) is 12.0. The second kappa shape index (κ2) is 7.12. The van der Waals surface area contributed by atoms with E-state index in [-0.39, 0.29) is 24.3 Å². The van der Waals surface area contributed by atoms with Crippen molar-refractivity contribution in [1.29, 1.82) is 0 Å². The number of rotatable bonds is 5. The number of carboxylic acids is 1. The quantitative estimate of drug-likeness (QED) is 0.678. The Hall–Kier alpha value is -1.79. The molecule has 1 saturated heterocycles. The van der Waals surface area contributed by atoms with Crippen LogP contribution < -0.4 is 11.1 Å². The van der Waals surface area contributed by atoms with E-state index < -0.39 is 18.0 Å². The number of carbonyl (C=O) groups excluding carboxylic acids is 2. The molecule has 4 N–H and O–H groups in total. The molecular weight excluding hydrogens is 262 g/mol. The summed E-state index contributed by atoms with van der Waals surface area (Å²) >= 11 is 0. The van der Waals surface area contributed by atoms with E-state index in [2.05, 4.69) is 5.32 Å². The summed E-state index contributed by atoms with van der Waals surface area (Å²) < 4.78 is 0. The fraction of sp³-hybridized carbons (Fsp3) is 0.769. The maximum absolute atomic E-state index is 12.1. The zero-order chi connectivity index (χ0) is 15.3. The van der Waals surface area contributed by atoms with Gasteiger partial charge < -0.3 is 21.1 Å². The van der Waals surface area contributed by atoms with Crippen LogP contribution in [0.4, 0.5) is 4.79 Å². The van der Waals surface area contributed by atoms with Gasteiger partial charge in [-0.3, -0.25) is 4.79 Å². The van der Waals surface area contributed by atoms with Gasteiger partial charge in [0.2, 0.25) is 5.91 Å². The second-order valence-corrected chi connectivity index (χ2v) is 5.33. The molecule has 0 bridgehead atoms. The first-order valence-electron chi connectivity index (χ1n) is 6.94. The Morgan fingerprint density at radius 1 is 1.45 bits per heavy atom. The average molecular weight is 285 g/mol. The molecule has 0 aromatic carbocycles. The predicted octanol–water partition coefficient (Wildman–Crippen LogP) is 0.393. The van der Waals surface area contributed by atoms with E-state index in [1.54, 1.807) is 6.92 Å². The van der Waals surface area contributed by atoms with Gasteiger partial charge in [0.05, 0.1) is 5.92 Å². The number of nitrogens with zero attached hydrogens (tertiary/aromatic N) is 1. The minimum atomic E-state index is -1.03. The fourth-order valence-corrected chi connectivity index (χ4v) is 2.35. The number of carbonyl (C=O) groups is 3. The van der Waals surface area contributed by atoms with E-state index in [0.29, 0.717) is 25.8 Å². The number of nitrogens with one attached hydrogen (secondary N) is 1. The fourth-order valence-electron chi connectivity index (χ4n) is 2.35. The number of carboxylic acid groups (broad SMARTS) is 1. The second-order valence-electron chi connectivity index (χ2n) is 5.33. The Balaban J connectivity index is 2.64. The van der Waals surface area contributed by atoms with E-state index in [9.17, 15) is 14.4 Å². The molecule has 20 heavy (non-hydrogen) atoms. The Kier molecular flexibility index (Phi) is 5.79. The highest BCUT2D eigenvalue weighted by atomic mass is 16.4. The minimum Gasteiger partial charge on any atom is -0.480 e. The van der Waals surface area contributed by atoms with Crippen LogP contribution in [0, 0.1) is 11.8 Å². The SMILES string of the molecule is CC[C@H](C)[C@H](NC(=O)[C@@H]1CCCN(C(N)=O)C1)C(=O)O. The Morgan fingerprint density at radius 2 is 2.10 bits per heavy atom. The van der Waals surface area contributed by atoms with Gasteiger partial charge in [0.1, 0.15) is 6.04 Å². The summed E-state index contributed by atoms with van der Waals surface area (Å²) in [5.41, 5.74) is 5.21. The molecule has 0 aromatic rings. The lowest BCUT2D eigenvalue weighted by molar-refractivity contribution is -0.144. The van der Waals surface area contributed by atoms with Crippen molar-refractivity contribution in [3.05, 3.63) is 0 Å². The maximum Gasteiger partial charge on any atom is 0.326 e. The molecule has 0 aliphatic carbocycles. The van der Waals surface area contributed by atoms with Crippen LogP contribution in [0.1, 0.15) is 33.1 Å². The van der Waals surface area contributed by atoms with Crippen LogP contribution in [-0.2, 0) is 9.59 Å². The summed E-state index contributed by atoms with van der Waals surface area (Å²) in [7, 11) is 0. The molecule has 0 spiro atoms. The molecule has 1 aliphatic heterocycles. The number of amides is 3. The smallest absolute Gasteiger partial charge is 0.326 e. The van der Waals surface area contributed by atoms with Crippen molar-refractivity contribution in [3.8, 4) is 0 Å². The number of piperidine rings is 1. The molecule has 3 atom stereocenters. The van der Waals surface area contributed by atoms with Crippen molar-refractivity contribution in [2.45, 2.75) is 39.2 Å². The molecule has 114 valence electrons. The molecular formula is C13H23N3O4. The van der Waals surface area contributed by atoms with Crippen molar-refractivity contribution >= 4 is 17.9 Å². The highest BCUT2D eigenvalue weighted by Gasteiger charge is 2.31. The number of aliphatic carboxylic acids is 1. The molecule has 1 heterocycles. The van der Waals surface area contributed by atoms with Crippen molar-refractivity contribution in [1.82, 2.24) is 10.2 Å². The highest BCUT2D eigenvalue weighted by Crippen LogP contribution is 2.17. The summed E-state index contributed by atoms with van der Waals surface area (Å²) in [4.78, 5) is 35.9. The zero-order valence-electron chi connectivity index (χ0n) is 12.0. The maximum atomic E-state index is 12.1. The van der Waals surface area contributed by atoms with Crippen LogP contribution in [0.5, 0.6) is 0 Å². The van der Waals surface area contributed by atoms with Crippen molar-refractivity contribution < 1.29 is 19.5 Å². The van der Waals surface area contributed by atoms with E-state index in [4.69, 9.17) is 10.8 Å². The van der Waals surface area contributed by atoms with Crippen LogP contribution in [0.3, 0.4) is 0 Å². The monoisotopic (exact) mass is 285 g/mol. The topological polar surface area (TPSA) is 113 Å². The van der Waals surface area contributed by atoms with E-state index >= 15 is 0 Å². The van der Waals surface area contributed by atoms with Gasteiger partial charge in [-0.05, 0) is 18.8 Å². The summed E-state index contributed by atoms with van der Waals surface area (Å²) in [5, 5.41) is 11.7. The van der Waals surface area contributed by atoms with Gasteiger partial charge in [0.25, 0.3) is 0 Å². The third-order valence-corrected chi connectivity index (χ3v) is 3.88. The molecule has 1 aliphatic rings. The van der Waals surface area contributed by atoms with E-state index in [0.717, 1.165) is 0 Å². The lowest BCUT2D eigenvalue weighted by Crippen LogP contribution is -2.51. The third-order valence-electron chi connectivity index (χ3n) is 3.88. The number of hydrogen-bond acceptors (Lipinski definition) is 3. The molecule has 1 fully saturated rings. The number of likely N-dealkylation sites (tertiary alicyclic amines) is 1. The van der Waals surface area contributed by atoms with E-state index in [1.807, 2.05) is 6.92 Å². The Bertz CT molecular complexity index is 386. The first-order chi connectivity index (χ1) is 9.36. The first-order valence-corrected chi connectivity index (χ1v) is 6.94. The normalized spacial score (nSPS) is 21.9. The molecule has 0 radical (unpaired) electrons. The molecule has 0 saturated carbocycles. The molecule has 1 rings (SSSR count). The van der Waals surface area contributed by atoms with Gasteiger partial charge in [-0.15, -0.1) is 0 Å². The summed E-state index contributed by atoms with van der Waals surface area (Å²) in [6.07, 6.45) is 2.00. The van der Waals surface area contributed by atoms with Crippen LogP contribution >= 0.6 is 0 Å². The van der Waals surface area contributed by atoms with Crippen molar-refractivity contribution in [2.75, 3.05) is 13.1 Å². The predicted molar refractivity (Wildman–Crippen MR) is 72.9 cm³/mol. The number of urea groups is 1. The molecule has 3 amide bonds. The summed E-state index contributed by atoms with van der Waals surface area (Å²) in [6.45, 7) is 4.47. The van der Waals surface area contributed by atoms with E-state index in [1.165, 1.54) is 4.90 Å². The average Bonchev–Trinajstić information content (AvgIpc) is 2.43. The van der Waals surface area contributed by atoms with Gasteiger partial charge in [0, 0.05) is 13.1 Å². The molecule has 0 unspecified atom stereocenters. The number of hydrogen-bond donors (Lipinski definition) is 3. The minimum absolute atomic E-state index is 0.146. The number of primary amides is 1. The van der Waals surface area contributed by atoms with Crippen LogP contribution in [0.2, 0.25) is 0 Å².